The molecule has 0 bridgehead atoms. The maximum Gasteiger partial charge on any atom is 0.205 e. The van der Waals surface area contributed by atoms with Gasteiger partial charge >= 0.3 is 0 Å². The highest BCUT2D eigenvalue weighted by molar-refractivity contribution is 7.91. The summed E-state index contributed by atoms with van der Waals surface area (Å²) in [6.45, 7) is 4.63. The van der Waals surface area contributed by atoms with Crippen LogP contribution < -0.4 is 4.74 Å². The first-order chi connectivity index (χ1) is 10.1. The third-order valence-electron chi connectivity index (χ3n) is 3.65. The van der Waals surface area contributed by atoms with Crippen LogP contribution in [0.4, 0.5) is 0 Å². The van der Waals surface area contributed by atoms with Crippen molar-refractivity contribution in [1.82, 2.24) is 0 Å². The van der Waals surface area contributed by atoms with Gasteiger partial charge in [-0.05, 0) is 31.0 Å². The van der Waals surface area contributed by atoms with Gasteiger partial charge in [0, 0.05) is 33.7 Å². The van der Waals surface area contributed by atoms with Gasteiger partial charge in [-0.15, -0.1) is 0 Å². The van der Waals surface area contributed by atoms with Crippen molar-refractivity contribution in [2.24, 2.45) is 0 Å². The van der Waals surface area contributed by atoms with Gasteiger partial charge in [-0.1, -0.05) is 36.7 Å². The normalized spacial score (nSPS) is 16.3. The van der Waals surface area contributed by atoms with E-state index in [9.17, 15) is 4.55 Å². The second-order valence-electron chi connectivity index (χ2n) is 5.21. The molecular weight excluding hydrogens is 304 g/mol. The van der Waals surface area contributed by atoms with Crippen molar-refractivity contribution in [3.63, 3.8) is 0 Å². The summed E-state index contributed by atoms with van der Waals surface area (Å²) in [4.78, 5) is 1.63. The minimum Gasteiger partial charge on any atom is -0.606 e. The first-order valence-electron chi connectivity index (χ1n) is 7.08. The number of hydrogen-bond acceptors (Lipinski definition) is 2. The lowest BCUT2D eigenvalue weighted by Crippen LogP contribution is -2.17. The molecule has 0 aliphatic carbocycles. The molecule has 21 heavy (non-hydrogen) atoms. The summed E-state index contributed by atoms with van der Waals surface area (Å²) in [5.41, 5.74) is 2.96. The van der Waals surface area contributed by atoms with Gasteiger partial charge in [0.1, 0.15) is 0 Å². The van der Waals surface area contributed by atoms with E-state index in [1.54, 1.807) is 0 Å². The van der Waals surface area contributed by atoms with E-state index in [2.05, 4.69) is 6.92 Å². The van der Waals surface area contributed by atoms with E-state index in [0.717, 1.165) is 38.7 Å². The van der Waals surface area contributed by atoms with E-state index >= 15 is 0 Å². The van der Waals surface area contributed by atoms with Crippen LogP contribution in [0.25, 0.3) is 0 Å². The van der Waals surface area contributed by atoms with Gasteiger partial charge in [-0.25, -0.2) is 0 Å². The largest absolute Gasteiger partial charge is 0.606 e. The van der Waals surface area contributed by atoms with E-state index in [1.807, 2.05) is 37.3 Å². The highest BCUT2D eigenvalue weighted by Crippen LogP contribution is 2.44. The van der Waals surface area contributed by atoms with Gasteiger partial charge < -0.3 is 9.29 Å². The minimum atomic E-state index is -1.24. The van der Waals surface area contributed by atoms with E-state index in [0.29, 0.717) is 18.1 Å². The lowest BCUT2D eigenvalue weighted by Gasteiger charge is -2.25. The lowest BCUT2D eigenvalue weighted by atomic mass is 10.0. The van der Waals surface area contributed by atoms with Crippen molar-refractivity contribution in [1.29, 1.82) is 0 Å². The molecule has 0 radical (unpaired) electrons. The van der Waals surface area contributed by atoms with Crippen LogP contribution in [0, 0.1) is 6.92 Å². The number of rotatable bonds is 3. The van der Waals surface area contributed by atoms with E-state index in [1.165, 1.54) is 0 Å². The average Bonchev–Trinajstić information content (AvgIpc) is 2.48. The monoisotopic (exact) mass is 320 g/mol. The summed E-state index contributed by atoms with van der Waals surface area (Å²) in [5, 5.41) is 0.675. The zero-order chi connectivity index (χ0) is 15.0. The van der Waals surface area contributed by atoms with Crippen LogP contribution in [0.15, 0.2) is 40.1 Å². The molecule has 0 fully saturated rings. The van der Waals surface area contributed by atoms with Crippen molar-refractivity contribution in [3.8, 4) is 5.75 Å². The molecule has 0 aromatic heterocycles. The number of ether oxygens (including phenoxy) is 1. The van der Waals surface area contributed by atoms with E-state index < -0.39 is 11.2 Å². The molecule has 1 atom stereocenters. The highest BCUT2D eigenvalue weighted by Gasteiger charge is 2.34. The molecule has 0 amide bonds. The maximum atomic E-state index is 13.0. The first kappa shape index (κ1) is 14.8. The fraction of sp³-hybridized carbons (Fsp3) is 0.294. The number of hydrogen-bond donors (Lipinski definition) is 0. The van der Waals surface area contributed by atoms with Crippen molar-refractivity contribution in [2.75, 3.05) is 6.61 Å². The molecule has 0 saturated heterocycles. The predicted octanol–water partition coefficient (Wildman–Crippen LogP) is 4.51. The van der Waals surface area contributed by atoms with Crippen LogP contribution in [0.3, 0.4) is 0 Å². The summed E-state index contributed by atoms with van der Waals surface area (Å²) >= 11 is 5.16. The Morgan fingerprint density at radius 2 is 2.10 bits per heavy atom. The topological polar surface area (TPSA) is 32.3 Å². The first-order valence-corrected chi connectivity index (χ1v) is 8.60. The lowest BCUT2D eigenvalue weighted by molar-refractivity contribution is 0.306. The zero-order valence-corrected chi connectivity index (χ0v) is 13.7. The Labute approximate surface area is 133 Å². The SMILES string of the molecule is CCCOc1c(C)cc(Cl)c2c1[S+]([O-])c1ccccc1C2. The molecule has 1 unspecified atom stereocenters. The van der Waals surface area contributed by atoms with Gasteiger partial charge in [0.05, 0.1) is 6.61 Å². The Morgan fingerprint density at radius 3 is 2.86 bits per heavy atom. The fourth-order valence-electron chi connectivity index (χ4n) is 2.64. The quantitative estimate of drug-likeness (QED) is 0.779. The number of aryl methyl sites for hydroxylation is 1. The number of fused-ring (bicyclic) bond motifs is 2. The Morgan fingerprint density at radius 1 is 1.33 bits per heavy atom. The van der Waals surface area contributed by atoms with Crippen molar-refractivity contribution in [2.45, 2.75) is 36.5 Å². The smallest absolute Gasteiger partial charge is 0.205 e. The molecule has 1 aliphatic rings. The summed E-state index contributed by atoms with van der Waals surface area (Å²) in [7, 11) is 0. The second-order valence-corrected chi connectivity index (χ2v) is 7.01. The van der Waals surface area contributed by atoms with Gasteiger partial charge in [0.2, 0.25) is 4.90 Å². The molecule has 2 nitrogen and oxygen atoms in total. The van der Waals surface area contributed by atoms with Crippen LogP contribution in [0.2, 0.25) is 5.02 Å². The number of benzene rings is 2. The molecule has 2 aromatic carbocycles. The molecule has 1 heterocycles. The van der Waals surface area contributed by atoms with Gasteiger partial charge in [0.15, 0.2) is 10.6 Å². The Balaban J connectivity index is 2.17. The third kappa shape index (κ3) is 2.54. The Kier molecular flexibility index (Phi) is 4.16. The molecule has 1 aliphatic heterocycles. The van der Waals surface area contributed by atoms with Crippen LogP contribution in [-0.2, 0) is 17.6 Å². The van der Waals surface area contributed by atoms with Gasteiger partial charge in [-0.2, -0.15) is 0 Å². The van der Waals surface area contributed by atoms with Crippen LogP contribution >= 0.6 is 11.6 Å². The molecule has 0 saturated carbocycles. The second kappa shape index (κ2) is 5.91. The van der Waals surface area contributed by atoms with Gasteiger partial charge in [-0.3, -0.25) is 0 Å². The van der Waals surface area contributed by atoms with Gasteiger partial charge in [0.25, 0.3) is 0 Å². The van der Waals surface area contributed by atoms with Crippen molar-refractivity contribution in [3.05, 3.63) is 52.0 Å². The van der Waals surface area contributed by atoms with Crippen LogP contribution in [-0.4, -0.2) is 11.2 Å². The van der Waals surface area contributed by atoms with Crippen LogP contribution in [0.5, 0.6) is 5.75 Å². The summed E-state index contributed by atoms with van der Waals surface area (Å²) in [6.07, 6.45) is 1.62. The number of halogens is 1. The molecule has 0 N–H and O–H groups in total. The molecule has 4 heteroatoms. The summed E-state index contributed by atoms with van der Waals surface area (Å²) in [5.74, 6) is 0.740. The van der Waals surface area contributed by atoms with Crippen molar-refractivity contribution < 1.29 is 9.29 Å². The molecule has 0 spiro atoms. The van der Waals surface area contributed by atoms with Crippen LogP contribution in [0.1, 0.15) is 30.0 Å². The van der Waals surface area contributed by atoms with E-state index in [-0.39, 0.29) is 0 Å². The standard InChI is InChI=1S/C17H17ClO2S/c1-3-8-20-16-11(2)9-14(18)13-10-12-6-4-5-7-15(12)21(19)17(13)16/h4-7,9H,3,8,10H2,1-2H3. The average molecular weight is 321 g/mol. The van der Waals surface area contributed by atoms with E-state index in [4.69, 9.17) is 16.3 Å². The maximum absolute atomic E-state index is 13.0. The van der Waals surface area contributed by atoms with Crippen molar-refractivity contribution >= 4 is 22.8 Å². The predicted molar refractivity (Wildman–Crippen MR) is 85.9 cm³/mol. The molecule has 110 valence electrons. The minimum absolute atomic E-state index is 0.619. The fourth-order valence-corrected chi connectivity index (χ4v) is 4.62. The Hall–Kier alpha value is -1.16. The molecule has 3 rings (SSSR count). The molecular formula is C17H17ClO2S. The highest BCUT2D eigenvalue weighted by atomic mass is 35.5. The third-order valence-corrected chi connectivity index (χ3v) is 5.58. The zero-order valence-electron chi connectivity index (χ0n) is 12.1. The summed E-state index contributed by atoms with van der Waals surface area (Å²) in [6, 6.07) is 9.74. The summed E-state index contributed by atoms with van der Waals surface area (Å²) < 4.78 is 18.8. The molecule has 2 aromatic rings. The Bertz CT molecular complexity index is 685.